The van der Waals surface area contributed by atoms with Crippen LogP contribution in [0.2, 0.25) is 0 Å². The molecule has 0 aliphatic rings. The summed E-state index contributed by atoms with van der Waals surface area (Å²) >= 11 is 0. The predicted molar refractivity (Wildman–Crippen MR) is 78.9 cm³/mol. The fraction of sp³-hybridized carbons (Fsp3) is 0.235. The number of carbonyl (C=O) groups is 2. The van der Waals surface area contributed by atoms with Crippen LogP contribution in [0.4, 0.5) is 0 Å². The van der Waals surface area contributed by atoms with E-state index >= 15 is 0 Å². The highest BCUT2D eigenvalue weighted by Crippen LogP contribution is 2.07. The quantitative estimate of drug-likeness (QED) is 0.463. The summed E-state index contributed by atoms with van der Waals surface area (Å²) in [7, 11) is 0. The molecule has 0 N–H and O–H groups in total. The second-order valence-electron chi connectivity index (χ2n) is 4.69. The molecule has 2 rings (SSSR count). The highest BCUT2D eigenvalue weighted by Gasteiger charge is 2.10. The van der Waals surface area contributed by atoms with E-state index in [1.54, 1.807) is 24.3 Å². The van der Waals surface area contributed by atoms with Crippen molar-refractivity contribution in [3.05, 3.63) is 65.2 Å². The number of hydrogen-bond acceptors (Lipinski definition) is 6. The fourth-order valence-electron chi connectivity index (χ4n) is 1.66. The minimum atomic E-state index is -0.584. The van der Waals surface area contributed by atoms with Crippen LogP contribution in [0, 0.1) is 0 Å². The van der Waals surface area contributed by atoms with E-state index in [0.717, 1.165) is 0 Å². The zero-order valence-corrected chi connectivity index (χ0v) is 12.8. The molecule has 0 bridgehead atoms. The van der Waals surface area contributed by atoms with Gasteiger partial charge in [-0.05, 0) is 38.1 Å². The number of furan rings is 2. The van der Waals surface area contributed by atoms with Crippen molar-refractivity contribution >= 4 is 11.9 Å². The number of ether oxygens (including phenoxy) is 2. The zero-order chi connectivity index (χ0) is 16.7. The second-order valence-corrected chi connectivity index (χ2v) is 4.69. The first-order chi connectivity index (χ1) is 11.1. The number of hydrogen-bond donors (Lipinski definition) is 0. The monoisotopic (exact) mass is 316 g/mol. The van der Waals surface area contributed by atoms with Gasteiger partial charge in [0.05, 0.1) is 23.7 Å². The summed E-state index contributed by atoms with van der Waals surface area (Å²) in [5.74, 6) is -0.103. The Hall–Kier alpha value is -2.98. The lowest BCUT2D eigenvalue weighted by molar-refractivity contribution is -0.141. The Balaban J connectivity index is 1.91. The average Bonchev–Trinajstić information content (AvgIpc) is 3.23. The van der Waals surface area contributed by atoms with Crippen LogP contribution in [0.15, 0.2) is 62.5 Å². The van der Waals surface area contributed by atoms with Gasteiger partial charge in [0.1, 0.15) is 24.7 Å². The Morgan fingerprint density at radius 2 is 1.35 bits per heavy atom. The van der Waals surface area contributed by atoms with Crippen LogP contribution in [0.1, 0.15) is 25.4 Å². The van der Waals surface area contributed by atoms with Crippen molar-refractivity contribution in [3.63, 3.8) is 0 Å². The average molecular weight is 316 g/mol. The highest BCUT2D eigenvalue weighted by atomic mass is 16.5. The SMILES string of the molecule is CC(=C=C(C)C(=O)OCc1ccco1)C(=O)OCc1ccco1. The van der Waals surface area contributed by atoms with Crippen molar-refractivity contribution in [2.24, 2.45) is 0 Å². The minimum absolute atomic E-state index is 0.0207. The van der Waals surface area contributed by atoms with Gasteiger partial charge in [0.15, 0.2) is 0 Å². The smallest absolute Gasteiger partial charge is 0.342 e. The van der Waals surface area contributed by atoms with Crippen molar-refractivity contribution in [1.29, 1.82) is 0 Å². The van der Waals surface area contributed by atoms with E-state index in [9.17, 15) is 9.59 Å². The molecule has 6 nitrogen and oxygen atoms in total. The second kappa shape index (κ2) is 7.87. The van der Waals surface area contributed by atoms with Gasteiger partial charge >= 0.3 is 11.9 Å². The number of rotatable bonds is 6. The van der Waals surface area contributed by atoms with E-state index in [1.165, 1.54) is 26.4 Å². The van der Waals surface area contributed by atoms with E-state index < -0.39 is 11.9 Å². The first-order valence-electron chi connectivity index (χ1n) is 6.89. The lowest BCUT2D eigenvalue weighted by atomic mass is 10.2. The summed E-state index contributed by atoms with van der Waals surface area (Å²) in [4.78, 5) is 23.6. The van der Waals surface area contributed by atoms with Gasteiger partial charge in [0, 0.05) is 0 Å². The minimum Gasteiger partial charge on any atom is -0.466 e. The van der Waals surface area contributed by atoms with E-state index in [-0.39, 0.29) is 24.4 Å². The third kappa shape index (κ3) is 5.05. The molecule has 0 aliphatic carbocycles. The van der Waals surface area contributed by atoms with Gasteiger partial charge in [0.2, 0.25) is 0 Å². The van der Waals surface area contributed by atoms with Crippen molar-refractivity contribution in [1.82, 2.24) is 0 Å². The molecule has 120 valence electrons. The van der Waals surface area contributed by atoms with Gasteiger partial charge in [0.25, 0.3) is 0 Å². The molecule has 2 aromatic heterocycles. The molecule has 23 heavy (non-hydrogen) atoms. The third-order valence-electron chi connectivity index (χ3n) is 2.84. The lowest BCUT2D eigenvalue weighted by Gasteiger charge is -2.03. The van der Waals surface area contributed by atoms with Crippen LogP contribution in [0.25, 0.3) is 0 Å². The Kier molecular flexibility index (Phi) is 5.61. The summed E-state index contributed by atoms with van der Waals surface area (Å²) < 4.78 is 20.2. The first-order valence-corrected chi connectivity index (χ1v) is 6.89. The molecule has 0 aliphatic heterocycles. The van der Waals surface area contributed by atoms with Crippen LogP contribution in [-0.4, -0.2) is 11.9 Å². The van der Waals surface area contributed by atoms with E-state index in [4.69, 9.17) is 18.3 Å². The van der Waals surface area contributed by atoms with Crippen molar-refractivity contribution < 1.29 is 27.9 Å². The molecule has 0 spiro atoms. The molecule has 0 saturated heterocycles. The van der Waals surface area contributed by atoms with Gasteiger partial charge in [-0.15, -0.1) is 0 Å². The molecular formula is C17H16O6. The molecule has 0 amide bonds. The standard InChI is InChI=1S/C17H16O6/c1-12(16(18)22-10-14-5-3-7-20-14)9-13(2)17(19)23-11-15-6-4-8-21-15/h3-8H,10-11H2,1-2H3. The molecule has 2 aromatic rings. The summed E-state index contributed by atoms with van der Waals surface area (Å²) in [6.07, 6.45) is 2.98. The van der Waals surface area contributed by atoms with Gasteiger partial charge in [-0.1, -0.05) is 5.73 Å². The van der Waals surface area contributed by atoms with Gasteiger partial charge in [-0.25, -0.2) is 9.59 Å². The third-order valence-corrected chi connectivity index (χ3v) is 2.84. The van der Waals surface area contributed by atoms with Crippen LogP contribution in [0.3, 0.4) is 0 Å². The summed E-state index contributed by atoms with van der Waals surface area (Å²) in [6.45, 7) is 3.06. The molecule has 2 heterocycles. The van der Waals surface area contributed by atoms with Crippen molar-refractivity contribution in [2.75, 3.05) is 0 Å². The first kappa shape index (κ1) is 16.4. The van der Waals surface area contributed by atoms with E-state index in [1.807, 2.05) is 0 Å². The fourth-order valence-corrected chi connectivity index (χ4v) is 1.66. The predicted octanol–water partition coefficient (Wildman–Crippen LogP) is 3.15. The summed E-state index contributed by atoms with van der Waals surface area (Å²) in [5, 5.41) is 0. The molecule has 6 heteroatoms. The van der Waals surface area contributed by atoms with Crippen LogP contribution in [-0.2, 0) is 32.3 Å². The molecule has 0 fully saturated rings. The maximum atomic E-state index is 11.8. The van der Waals surface area contributed by atoms with Gasteiger partial charge in [-0.2, -0.15) is 0 Å². The van der Waals surface area contributed by atoms with Crippen LogP contribution < -0.4 is 0 Å². The highest BCUT2D eigenvalue weighted by molar-refractivity contribution is 5.91. The Morgan fingerprint density at radius 1 is 0.913 bits per heavy atom. The summed E-state index contributed by atoms with van der Waals surface area (Å²) in [5.41, 5.74) is 3.00. The van der Waals surface area contributed by atoms with Crippen LogP contribution >= 0.6 is 0 Å². The zero-order valence-electron chi connectivity index (χ0n) is 12.8. The maximum absolute atomic E-state index is 11.8. The Bertz CT molecular complexity index is 655. The lowest BCUT2D eigenvalue weighted by Crippen LogP contribution is -2.07. The topological polar surface area (TPSA) is 78.9 Å². The van der Waals surface area contributed by atoms with Crippen molar-refractivity contribution in [3.8, 4) is 0 Å². The van der Waals surface area contributed by atoms with Gasteiger partial charge < -0.3 is 18.3 Å². The van der Waals surface area contributed by atoms with Gasteiger partial charge in [-0.3, -0.25) is 0 Å². The Labute approximate surface area is 133 Å². The number of esters is 2. The normalized spacial score (nSPS) is 9.83. The molecule has 0 saturated carbocycles. The largest absolute Gasteiger partial charge is 0.466 e. The molecular weight excluding hydrogens is 300 g/mol. The van der Waals surface area contributed by atoms with Crippen LogP contribution in [0.5, 0.6) is 0 Å². The Morgan fingerprint density at radius 3 is 1.70 bits per heavy atom. The van der Waals surface area contributed by atoms with Crippen molar-refractivity contribution in [2.45, 2.75) is 27.1 Å². The van der Waals surface area contributed by atoms with E-state index in [2.05, 4.69) is 5.73 Å². The summed E-state index contributed by atoms with van der Waals surface area (Å²) in [6, 6.07) is 6.79. The number of carbonyl (C=O) groups excluding carboxylic acids is 2. The molecule has 0 aromatic carbocycles. The molecule has 0 atom stereocenters. The van der Waals surface area contributed by atoms with E-state index in [0.29, 0.717) is 11.5 Å². The maximum Gasteiger partial charge on any atom is 0.342 e. The molecule has 0 radical (unpaired) electrons. The molecule has 0 unspecified atom stereocenters.